The molecule has 0 aromatic heterocycles. The van der Waals surface area contributed by atoms with E-state index in [-0.39, 0.29) is 11.3 Å². The normalized spacial score (nSPS) is 18.1. The van der Waals surface area contributed by atoms with Gasteiger partial charge in [0.25, 0.3) is 10.0 Å². The Morgan fingerprint density at radius 3 is 2.29 bits per heavy atom. The molecule has 24 heavy (non-hydrogen) atoms. The molecule has 1 amide bonds. The molecule has 2 aromatic rings. The summed E-state index contributed by atoms with van der Waals surface area (Å²) in [7, 11) is -3.90. The number of hydrogen-bond donors (Lipinski definition) is 0. The first-order chi connectivity index (χ1) is 11.5. The van der Waals surface area contributed by atoms with Gasteiger partial charge in [-0.1, -0.05) is 42.5 Å². The maximum absolute atomic E-state index is 12.8. The lowest BCUT2D eigenvalue weighted by Crippen LogP contribution is -2.40. The highest BCUT2D eigenvalue weighted by atomic mass is 32.2. The van der Waals surface area contributed by atoms with Crippen molar-refractivity contribution in [2.75, 3.05) is 6.61 Å². The van der Waals surface area contributed by atoms with Gasteiger partial charge in [0.05, 0.1) is 4.90 Å². The topological polar surface area (TPSA) is 63.7 Å². The average molecular weight is 345 g/mol. The zero-order chi connectivity index (χ0) is 17.2. The summed E-state index contributed by atoms with van der Waals surface area (Å²) in [5.41, 5.74) is 1.93. The summed E-state index contributed by atoms with van der Waals surface area (Å²) in [6.45, 7) is 2.14. The van der Waals surface area contributed by atoms with E-state index in [1.807, 2.05) is 30.3 Å². The van der Waals surface area contributed by atoms with Crippen LogP contribution >= 0.6 is 0 Å². The van der Waals surface area contributed by atoms with Gasteiger partial charge in [-0.15, -0.1) is 0 Å². The minimum absolute atomic E-state index is 0.0992. The summed E-state index contributed by atoms with van der Waals surface area (Å²) in [6.07, 6.45) is -0.124. The van der Waals surface area contributed by atoms with Gasteiger partial charge in [0, 0.05) is 19.4 Å². The lowest BCUT2D eigenvalue weighted by atomic mass is 10.1. The monoisotopic (exact) mass is 345 g/mol. The molecule has 1 heterocycles. The Hall–Kier alpha value is -2.18. The summed E-state index contributed by atoms with van der Waals surface area (Å²) < 4.78 is 31.9. The Kier molecular flexibility index (Phi) is 4.69. The van der Waals surface area contributed by atoms with E-state index in [1.54, 1.807) is 19.1 Å². The van der Waals surface area contributed by atoms with Crippen molar-refractivity contribution in [1.82, 2.24) is 4.31 Å². The molecule has 1 fully saturated rings. The molecule has 1 unspecified atom stereocenters. The van der Waals surface area contributed by atoms with E-state index in [9.17, 15) is 13.2 Å². The molecule has 1 atom stereocenters. The molecule has 0 saturated carbocycles. The van der Waals surface area contributed by atoms with E-state index < -0.39 is 22.2 Å². The SMILES string of the molecule is CCOC1CCC(=O)N1S(=O)(=O)c1ccc(-c2ccccc2)cc1. The van der Waals surface area contributed by atoms with Crippen molar-refractivity contribution >= 4 is 15.9 Å². The Bertz CT molecular complexity index is 816. The van der Waals surface area contributed by atoms with Gasteiger partial charge in [-0.3, -0.25) is 4.79 Å². The molecule has 0 bridgehead atoms. The molecule has 1 aliphatic rings. The van der Waals surface area contributed by atoms with Crippen LogP contribution in [0.3, 0.4) is 0 Å². The standard InChI is InChI=1S/C18H19NO4S/c1-2-23-18-13-12-17(20)19(18)24(21,22)16-10-8-15(9-11-16)14-6-4-3-5-7-14/h3-11,18H,2,12-13H2,1H3. The smallest absolute Gasteiger partial charge is 0.268 e. The molecule has 0 aliphatic carbocycles. The third kappa shape index (κ3) is 3.07. The number of carbonyl (C=O) groups excluding carboxylic acids is 1. The zero-order valence-corrected chi connectivity index (χ0v) is 14.2. The Morgan fingerprint density at radius 1 is 1.04 bits per heavy atom. The summed E-state index contributed by atoms with van der Waals surface area (Å²) >= 11 is 0. The van der Waals surface area contributed by atoms with Crippen molar-refractivity contribution in [3.05, 3.63) is 54.6 Å². The van der Waals surface area contributed by atoms with Gasteiger partial charge in [-0.05, 0) is 30.2 Å². The van der Waals surface area contributed by atoms with Crippen LogP contribution in [0.2, 0.25) is 0 Å². The molecular formula is C18H19NO4S. The van der Waals surface area contributed by atoms with Gasteiger partial charge in [-0.2, -0.15) is 0 Å². The van der Waals surface area contributed by atoms with E-state index in [2.05, 4.69) is 0 Å². The van der Waals surface area contributed by atoms with Gasteiger partial charge in [-0.25, -0.2) is 12.7 Å². The molecule has 1 saturated heterocycles. The van der Waals surface area contributed by atoms with Crippen LogP contribution in [-0.4, -0.2) is 31.5 Å². The first-order valence-corrected chi connectivity index (χ1v) is 9.32. The molecule has 0 N–H and O–H groups in total. The molecule has 5 nitrogen and oxygen atoms in total. The molecule has 2 aromatic carbocycles. The summed E-state index contributed by atoms with van der Waals surface area (Å²) in [5, 5.41) is 0. The predicted molar refractivity (Wildman–Crippen MR) is 90.6 cm³/mol. The number of carbonyl (C=O) groups is 1. The van der Waals surface area contributed by atoms with E-state index in [0.29, 0.717) is 13.0 Å². The fourth-order valence-corrected chi connectivity index (χ4v) is 4.37. The molecule has 3 rings (SSSR count). The minimum atomic E-state index is -3.90. The summed E-state index contributed by atoms with van der Waals surface area (Å²) in [4.78, 5) is 12.1. The fourth-order valence-electron chi connectivity index (χ4n) is 2.83. The lowest BCUT2D eigenvalue weighted by molar-refractivity contribution is -0.128. The first kappa shape index (κ1) is 16.7. The van der Waals surface area contributed by atoms with Gasteiger partial charge in [0.15, 0.2) is 0 Å². The number of hydrogen-bond acceptors (Lipinski definition) is 4. The maximum atomic E-state index is 12.8. The van der Waals surface area contributed by atoms with Crippen LogP contribution in [0.25, 0.3) is 11.1 Å². The van der Waals surface area contributed by atoms with Crippen molar-refractivity contribution in [3.8, 4) is 11.1 Å². The lowest BCUT2D eigenvalue weighted by Gasteiger charge is -2.24. The molecule has 0 radical (unpaired) electrons. The zero-order valence-electron chi connectivity index (χ0n) is 13.4. The number of benzene rings is 2. The van der Waals surface area contributed by atoms with Crippen molar-refractivity contribution in [2.45, 2.75) is 30.9 Å². The van der Waals surface area contributed by atoms with Crippen LogP contribution in [0, 0.1) is 0 Å². The molecular weight excluding hydrogens is 326 g/mol. The van der Waals surface area contributed by atoms with Crippen molar-refractivity contribution in [2.24, 2.45) is 0 Å². The number of nitrogens with zero attached hydrogens (tertiary/aromatic N) is 1. The summed E-state index contributed by atoms with van der Waals surface area (Å²) in [5.74, 6) is -0.416. The highest BCUT2D eigenvalue weighted by Gasteiger charge is 2.41. The van der Waals surface area contributed by atoms with Crippen molar-refractivity contribution in [1.29, 1.82) is 0 Å². The van der Waals surface area contributed by atoms with E-state index >= 15 is 0 Å². The number of sulfonamides is 1. The predicted octanol–water partition coefficient (Wildman–Crippen LogP) is 3.03. The fraction of sp³-hybridized carbons (Fsp3) is 0.278. The maximum Gasteiger partial charge on any atom is 0.268 e. The molecule has 0 spiro atoms. The Morgan fingerprint density at radius 2 is 1.67 bits per heavy atom. The van der Waals surface area contributed by atoms with Gasteiger partial charge < -0.3 is 4.74 Å². The average Bonchev–Trinajstić information content (AvgIpc) is 2.97. The largest absolute Gasteiger partial charge is 0.357 e. The second-order valence-electron chi connectivity index (χ2n) is 5.53. The van der Waals surface area contributed by atoms with Crippen LogP contribution in [0.15, 0.2) is 59.5 Å². The molecule has 6 heteroatoms. The van der Waals surface area contributed by atoms with Gasteiger partial charge in [0.1, 0.15) is 6.23 Å². The van der Waals surface area contributed by atoms with E-state index in [4.69, 9.17) is 4.74 Å². The van der Waals surface area contributed by atoms with Crippen LogP contribution in [0.4, 0.5) is 0 Å². The minimum Gasteiger partial charge on any atom is -0.357 e. The summed E-state index contributed by atoms with van der Waals surface area (Å²) in [6, 6.07) is 16.3. The molecule has 126 valence electrons. The Balaban J connectivity index is 1.91. The number of rotatable bonds is 5. The second kappa shape index (κ2) is 6.75. The van der Waals surface area contributed by atoms with Crippen molar-refractivity contribution < 1.29 is 17.9 Å². The Labute approximate surface area is 141 Å². The van der Waals surface area contributed by atoms with Gasteiger partial charge in [0.2, 0.25) is 5.91 Å². The quantitative estimate of drug-likeness (QED) is 0.835. The van der Waals surface area contributed by atoms with E-state index in [1.165, 1.54) is 12.1 Å². The third-order valence-corrected chi connectivity index (χ3v) is 5.81. The van der Waals surface area contributed by atoms with Crippen LogP contribution in [-0.2, 0) is 19.6 Å². The van der Waals surface area contributed by atoms with Crippen LogP contribution < -0.4 is 0 Å². The highest BCUT2D eigenvalue weighted by molar-refractivity contribution is 7.89. The molecule has 1 aliphatic heterocycles. The van der Waals surface area contributed by atoms with Gasteiger partial charge >= 0.3 is 0 Å². The van der Waals surface area contributed by atoms with Crippen molar-refractivity contribution in [3.63, 3.8) is 0 Å². The van der Waals surface area contributed by atoms with E-state index in [0.717, 1.165) is 15.4 Å². The first-order valence-electron chi connectivity index (χ1n) is 7.88. The number of amides is 1. The third-order valence-electron chi connectivity index (χ3n) is 3.99. The van der Waals surface area contributed by atoms with Crippen LogP contribution in [0.1, 0.15) is 19.8 Å². The number of ether oxygens (including phenoxy) is 1. The van der Waals surface area contributed by atoms with Crippen LogP contribution in [0.5, 0.6) is 0 Å². The highest BCUT2D eigenvalue weighted by Crippen LogP contribution is 2.29. The second-order valence-corrected chi connectivity index (χ2v) is 7.35.